The second kappa shape index (κ2) is 21.5. The lowest BCUT2D eigenvalue weighted by atomic mass is 10.1. The van der Waals surface area contributed by atoms with Crippen LogP contribution in [0.1, 0.15) is 113 Å². The number of carbonyl (C=O) groups is 2. The van der Waals surface area contributed by atoms with Crippen molar-refractivity contribution in [3.63, 3.8) is 0 Å². The Morgan fingerprint density at radius 2 is 0.757 bits per heavy atom. The standard InChI is InChI=1S/C33H52O4/c1-26(2)13-9-15-28(5)17-11-19-30(7)21-23-36-32(34)25-33(35)37-24-22-31(8)20-12-18-29(6)16-10-14-27(3)4/h13-14,17-18,21-22H,9-12,15-16,19-20,23-25H2,1-8H3. The molecule has 0 fully saturated rings. The summed E-state index contributed by atoms with van der Waals surface area (Å²) in [5.74, 6) is -1.11. The lowest BCUT2D eigenvalue weighted by molar-refractivity contribution is -0.153. The van der Waals surface area contributed by atoms with E-state index >= 15 is 0 Å². The van der Waals surface area contributed by atoms with Gasteiger partial charge in [0.2, 0.25) is 0 Å². The van der Waals surface area contributed by atoms with Crippen LogP contribution in [-0.4, -0.2) is 25.2 Å². The molecule has 0 bridgehead atoms. The van der Waals surface area contributed by atoms with Crippen molar-refractivity contribution in [2.24, 2.45) is 0 Å². The molecule has 0 aromatic carbocycles. The fourth-order valence-electron chi connectivity index (χ4n) is 3.45. The van der Waals surface area contributed by atoms with E-state index in [2.05, 4.69) is 65.8 Å². The SMILES string of the molecule is CC(C)=CCCC(C)=CCCC(C)=CCOC(=O)CC(=O)OCC=C(C)CCC=C(C)CCC=C(C)C. The van der Waals surface area contributed by atoms with Gasteiger partial charge in [-0.2, -0.15) is 0 Å². The van der Waals surface area contributed by atoms with E-state index in [0.717, 1.165) is 51.4 Å². The van der Waals surface area contributed by atoms with Crippen LogP contribution < -0.4 is 0 Å². The molecular weight excluding hydrogens is 460 g/mol. The molecular formula is C33H52O4. The number of esters is 2. The zero-order valence-corrected chi connectivity index (χ0v) is 24.9. The lowest BCUT2D eigenvalue weighted by Crippen LogP contribution is -2.14. The predicted molar refractivity (Wildman–Crippen MR) is 157 cm³/mol. The van der Waals surface area contributed by atoms with Gasteiger partial charge in [0, 0.05) is 0 Å². The molecule has 0 atom stereocenters. The van der Waals surface area contributed by atoms with Gasteiger partial charge in [0.05, 0.1) is 0 Å². The maximum absolute atomic E-state index is 11.9. The minimum atomic E-state index is -0.557. The molecule has 37 heavy (non-hydrogen) atoms. The molecule has 0 aromatic rings. The molecule has 0 amide bonds. The summed E-state index contributed by atoms with van der Waals surface area (Å²) in [6.45, 7) is 17.3. The third kappa shape index (κ3) is 23.5. The smallest absolute Gasteiger partial charge is 0.317 e. The molecule has 4 nitrogen and oxygen atoms in total. The van der Waals surface area contributed by atoms with E-state index in [-0.39, 0.29) is 19.6 Å². The normalized spacial score (nSPS) is 12.8. The second-order valence-corrected chi connectivity index (χ2v) is 10.5. The Hall–Kier alpha value is -2.62. The van der Waals surface area contributed by atoms with E-state index < -0.39 is 11.9 Å². The molecule has 0 spiro atoms. The maximum Gasteiger partial charge on any atom is 0.317 e. The molecule has 4 heteroatoms. The summed E-state index contributed by atoms with van der Waals surface area (Å²) < 4.78 is 10.3. The summed E-state index contributed by atoms with van der Waals surface area (Å²) in [5, 5.41) is 0. The molecule has 0 saturated heterocycles. The van der Waals surface area contributed by atoms with Crippen LogP contribution in [0.15, 0.2) is 69.9 Å². The Bertz CT molecular complexity index is 798. The summed E-state index contributed by atoms with van der Waals surface area (Å²) in [4.78, 5) is 23.8. The van der Waals surface area contributed by atoms with Crippen LogP contribution in [0.3, 0.4) is 0 Å². The predicted octanol–water partition coefficient (Wildman–Crippen LogP) is 9.30. The summed E-state index contributed by atoms with van der Waals surface area (Å²) in [6.07, 6.45) is 20.7. The molecule has 208 valence electrons. The van der Waals surface area contributed by atoms with Gasteiger partial charge in [-0.25, -0.2) is 0 Å². The van der Waals surface area contributed by atoms with Crippen LogP contribution in [0.25, 0.3) is 0 Å². The van der Waals surface area contributed by atoms with Gasteiger partial charge >= 0.3 is 11.9 Å². The van der Waals surface area contributed by atoms with Gasteiger partial charge in [-0.1, -0.05) is 57.7 Å². The molecule has 0 aromatic heterocycles. The van der Waals surface area contributed by atoms with Gasteiger partial charge in [0.25, 0.3) is 0 Å². The highest BCUT2D eigenvalue weighted by atomic mass is 16.6. The molecule has 0 aliphatic rings. The molecule has 0 aliphatic carbocycles. The minimum absolute atomic E-state index is 0.182. The number of hydrogen-bond acceptors (Lipinski definition) is 4. The van der Waals surface area contributed by atoms with Crippen molar-refractivity contribution in [3.8, 4) is 0 Å². The zero-order chi connectivity index (χ0) is 28.1. The quantitative estimate of drug-likeness (QED) is 0.104. The van der Waals surface area contributed by atoms with E-state index in [1.54, 1.807) is 0 Å². The first kappa shape index (κ1) is 34.4. The summed E-state index contributed by atoms with van der Waals surface area (Å²) in [6, 6.07) is 0. The molecule has 0 rings (SSSR count). The number of ether oxygens (including phenoxy) is 2. The van der Waals surface area contributed by atoms with Crippen LogP contribution in [0.5, 0.6) is 0 Å². The number of hydrogen-bond donors (Lipinski definition) is 0. The van der Waals surface area contributed by atoms with Crippen LogP contribution >= 0.6 is 0 Å². The van der Waals surface area contributed by atoms with E-state index in [9.17, 15) is 9.59 Å². The fraction of sp³-hybridized carbons (Fsp3) is 0.576. The number of rotatable bonds is 18. The van der Waals surface area contributed by atoms with Crippen molar-refractivity contribution in [2.45, 2.75) is 113 Å². The lowest BCUT2D eigenvalue weighted by Gasteiger charge is -2.05. The zero-order valence-electron chi connectivity index (χ0n) is 24.9. The molecule has 0 unspecified atom stereocenters. The Balaban J connectivity index is 4.11. The van der Waals surface area contributed by atoms with Crippen LogP contribution in [0.2, 0.25) is 0 Å². The highest BCUT2D eigenvalue weighted by molar-refractivity contribution is 5.91. The fourth-order valence-corrected chi connectivity index (χ4v) is 3.45. The van der Waals surface area contributed by atoms with E-state index in [0.29, 0.717) is 0 Å². The van der Waals surface area contributed by atoms with Gasteiger partial charge in [-0.15, -0.1) is 0 Å². The number of allylic oxidation sites excluding steroid dienone is 10. The molecule has 0 radical (unpaired) electrons. The summed E-state index contributed by atoms with van der Waals surface area (Å²) >= 11 is 0. The van der Waals surface area contributed by atoms with Crippen molar-refractivity contribution in [2.75, 3.05) is 13.2 Å². The first-order chi connectivity index (χ1) is 17.5. The van der Waals surface area contributed by atoms with E-state index in [1.165, 1.54) is 33.4 Å². The second-order valence-electron chi connectivity index (χ2n) is 10.5. The van der Waals surface area contributed by atoms with E-state index in [4.69, 9.17) is 9.47 Å². The molecule has 0 saturated carbocycles. The monoisotopic (exact) mass is 512 g/mol. The molecule has 0 aliphatic heterocycles. The van der Waals surface area contributed by atoms with Gasteiger partial charge in [-0.3, -0.25) is 9.59 Å². The molecule has 0 N–H and O–H groups in total. The molecule has 0 heterocycles. The highest BCUT2D eigenvalue weighted by Crippen LogP contribution is 2.12. The van der Waals surface area contributed by atoms with Gasteiger partial charge < -0.3 is 9.47 Å². The Labute approximate surface area is 227 Å². The first-order valence-corrected chi connectivity index (χ1v) is 13.7. The third-order valence-corrected chi connectivity index (χ3v) is 5.89. The van der Waals surface area contributed by atoms with Crippen molar-refractivity contribution >= 4 is 11.9 Å². The third-order valence-electron chi connectivity index (χ3n) is 5.89. The Morgan fingerprint density at radius 3 is 1.08 bits per heavy atom. The van der Waals surface area contributed by atoms with Crippen molar-refractivity contribution < 1.29 is 19.1 Å². The van der Waals surface area contributed by atoms with Crippen LogP contribution in [0, 0.1) is 0 Å². The largest absolute Gasteiger partial charge is 0.461 e. The summed E-state index contributed by atoms with van der Waals surface area (Å²) in [5.41, 5.74) is 7.86. The van der Waals surface area contributed by atoms with Gasteiger partial charge in [0.1, 0.15) is 19.6 Å². The average molecular weight is 513 g/mol. The van der Waals surface area contributed by atoms with Gasteiger partial charge in [0.15, 0.2) is 0 Å². The summed E-state index contributed by atoms with van der Waals surface area (Å²) in [7, 11) is 0. The van der Waals surface area contributed by atoms with Crippen molar-refractivity contribution in [3.05, 3.63) is 69.9 Å². The van der Waals surface area contributed by atoms with Crippen LogP contribution in [0.4, 0.5) is 0 Å². The van der Waals surface area contributed by atoms with Crippen LogP contribution in [-0.2, 0) is 19.1 Å². The topological polar surface area (TPSA) is 52.6 Å². The van der Waals surface area contributed by atoms with Gasteiger partial charge in [-0.05, 0) is 119 Å². The Kier molecular flexibility index (Phi) is 19.9. The van der Waals surface area contributed by atoms with Crippen molar-refractivity contribution in [1.29, 1.82) is 0 Å². The Morgan fingerprint density at radius 1 is 0.459 bits per heavy atom. The van der Waals surface area contributed by atoms with E-state index in [1.807, 2.05) is 26.0 Å². The average Bonchev–Trinajstić information content (AvgIpc) is 2.78. The minimum Gasteiger partial charge on any atom is -0.461 e. The maximum atomic E-state index is 11.9. The first-order valence-electron chi connectivity index (χ1n) is 13.7. The number of carbonyl (C=O) groups excluding carboxylic acids is 2. The highest BCUT2D eigenvalue weighted by Gasteiger charge is 2.11. The van der Waals surface area contributed by atoms with Crippen molar-refractivity contribution in [1.82, 2.24) is 0 Å².